The molecule has 1 saturated heterocycles. The highest BCUT2D eigenvalue weighted by atomic mass is 16.5. The Hall–Kier alpha value is -0.610. The molecular weight excluding hydrogens is 240 g/mol. The molecule has 2 N–H and O–H groups in total. The lowest BCUT2D eigenvalue weighted by atomic mass is 9.98. The SMILES string of the molecule is O=C(NCCCOC1CCCCC1)[C@@H]1CCCCN1. The first-order valence-electron chi connectivity index (χ1n) is 7.99. The molecule has 1 amide bonds. The molecule has 1 aliphatic carbocycles. The van der Waals surface area contributed by atoms with Gasteiger partial charge in [-0.25, -0.2) is 0 Å². The van der Waals surface area contributed by atoms with Gasteiger partial charge in [0.2, 0.25) is 5.91 Å². The molecule has 4 heteroatoms. The van der Waals surface area contributed by atoms with Gasteiger partial charge in [-0.1, -0.05) is 25.7 Å². The third kappa shape index (κ3) is 5.49. The number of carbonyl (C=O) groups is 1. The standard InChI is InChI=1S/C15H28N2O2/c18-15(14-9-4-5-10-16-14)17-11-6-12-19-13-7-2-1-3-8-13/h13-14,16H,1-12H2,(H,17,18)/t14-/m0/s1. The molecule has 1 heterocycles. The molecule has 1 saturated carbocycles. The first-order chi connectivity index (χ1) is 9.36. The fraction of sp³-hybridized carbons (Fsp3) is 0.933. The van der Waals surface area contributed by atoms with E-state index in [0.29, 0.717) is 6.10 Å². The highest BCUT2D eigenvalue weighted by molar-refractivity contribution is 5.81. The second kappa shape index (κ2) is 8.54. The summed E-state index contributed by atoms with van der Waals surface area (Å²) in [6.45, 7) is 2.50. The van der Waals surface area contributed by atoms with Crippen LogP contribution < -0.4 is 10.6 Å². The van der Waals surface area contributed by atoms with Crippen LogP contribution in [0.2, 0.25) is 0 Å². The van der Waals surface area contributed by atoms with Crippen molar-refractivity contribution in [2.45, 2.75) is 69.9 Å². The van der Waals surface area contributed by atoms with E-state index in [1.165, 1.54) is 38.5 Å². The van der Waals surface area contributed by atoms with Gasteiger partial charge in [0.25, 0.3) is 0 Å². The van der Waals surface area contributed by atoms with Gasteiger partial charge in [-0.2, -0.15) is 0 Å². The lowest BCUT2D eigenvalue weighted by Crippen LogP contribution is -2.46. The van der Waals surface area contributed by atoms with E-state index in [4.69, 9.17) is 4.74 Å². The minimum atomic E-state index is 0.0352. The Labute approximate surface area is 116 Å². The third-order valence-electron chi connectivity index (χ3n) is 4.15. The van der Waals surface area contributed by atoms with Gasteiger partial charge in [0.1, 0.15) is 0 Å². The van der Waals surface area contributed by atoms with E-state index in [1.54, 1.807) is 0 Å². The molecule has 0 aromatic heterocycles. The van der Waals surface area contributed by atoms with E-state index in [9.17, 15) is 4.79 Å². The molecular formula is C15H28N2O2. The van der Waals surface area contributed by atoms with Crippen LogP contribution in [-0.2, 0) is 9.53 Å². The van der Waals surface area contributed by atoms with E-state index in [1.807, 2.05) is 0 Å². The molecule has 19 heavy (non-hydrogen) atoms. The molecule has 0 aromatic rings. The van der Waals surface area contributed by atoms with Crippen LogP contribution in [0.5, 0.6) is 0 Å². The summed E-state index contributed by atoms with van der Waals surface area (Å²) >= 11 is 0. The van der Waals surface area contributed by atoms with Gasteiger partial charge in [-0.3, -0.25) is 4.79 Å². The molecule has 1 atom stereocenters. The van der Waals surface area contributed by atoms with Gasteiger partial charge in [0.15, 0.2) is 0 Å². The van der Waals surface area contributed by atoms with Crippen molar-refractivity contribution in [3.05, 3.63) is 0 Å². The Bertz CT molecular complexity index is 259. The van der Waals surface area contributed by atoms with Crippen molar-refractivity contribution in [3.63, 3.8) is 0 Å². The largest absolute Gasteiger partial charge is 0.378 e. The first-order valence-corrected chi connectivity index (χ1v) is 7.99. The number of amides is 1. The van der Waals surface area contributed by atoms with Gasteiger partial charge < -0.3 is 15.4 Å². The van der Waals surface area contributed by atoms with Crippen molar-refractivity contribution in [2.75, 3.05) is 19.7 Å². The van der Waals surface area contributed by atoms with Crippen molar-refractivity contribution >= 4 is 5.91 Å². The monoisotopic (exact) mass is 268 g/mol. The summed E-state index contributed by atoms with van der Waals surface area (Å²) in [6.07, 6.45) is 11.2. The summed E-state index contributed by atoms with van der Waals surface area (Å²) in [6, 6.07) is 0.0352. The average molecular weight is 268 g/mol. The Morgan fingerprint density at radius 2 is 1.89 bits per heavy atom. The van der Waals surface area contributed by atoms with Crippen LogP contribution in [-0.4, -0.2) is 37.7 Å². The fourth-order valence-corrected chi connectivity index (χ4v) is 2.96. The molecule has 4 nitrogen and oxygen atoms in total. The molecule has 2 aliphatic rings. The maximum atomic E-state index is 11.8. The van der Waals surface area contributed by atoms with Gasteiger partial charge in [0, 0.05) is 13.2 Å². The van der Waals surface area contributed by atoms with Crippen molar-refractivity contribution in [1.29, 1.82) is 0 Å². The zero-order valence-corrected chi connectivity index (χ0v) is 12.0. The summed E-state index contributed by atoms with van der Waals surface area (Å²) in [5.41, 5.74) is 0. The number of nitrogens with one attached hydrogen (secondary N) is 2. The second-order valence-electron chi connectivity index (χ2n) is 5.78. The van der Waals surface area contributed by atoms with Crippen LogP contribution in [0.1, 0.15) is 57.8 Å². The maximum Gasteiger partial charge on any atom is 0.237 e. The van der Waals surface area contributed by atoms with Crippen molar-refractivity contribution in [1.82, 2.24) is 10.6 Å². The van der Waals surface area contributed by atoms with Crippen LogP contribution in [0.15, 0.2) is 0 Å². The molecule has 0 radical (unpaired) electrons. The van der Waals surface area contributed by atoms with Gasteiger partial charge in [0.05, 0.1) is 12.1 Å². The molecule has 0 aromatic carbocycles. The summed E-state index contributed by atoms with van der Waals surface area (Å²) in [5.74, 6) is 0.164. The molecule has 1 aliphatic heterocycles. The number of piperidine rings is 1. The van der Waals surface area contributed by atoms with E-state index >= 15 is 0 Å². The predicted molar refractivity (Wildman–Crippen MR) is 76.1 cm³/mol. The second-order valence-corrected chi connectivity index (χ2v) is 5.78. The van der Waals surface area contributed by atoms with Crippen LogP contribution in [0.25, 0.3) is 0 Å². The third-order valence-corrected chi connectivity index (χ3v) is 4.15. The van der Waals surface area contributed by atoms with Crippen molar-refractivity contribution in [3.8, 4) is 0 Å². The fourth-order valence-electron chi connectivity index (χ4n) is 2.96. The topological polar surface area (TPSA) is 50.4 Å². The van der Waals surface area contributed by atoms with Crippen molar-refractivity contribution < 1.29 is 9.53 Å². The smallest absolute Gasteiger partial charge is 0.237 e. The summed E-state index contributed by atoms with van der Waals surface area (Å²) in [4.78, 5) is 11.8. The Morgan fingerprint density at radius 3 is 2.63 bits per heavy atom. The number of hydrogen-bond donors (Lipinski definition) is 2. The highest BCUT2D eigenvalue weighted by Crippen LogP contribution is 2.20. The number of ether oxygens (including phenoxy) is 1. The van der Waals surface area contributed by atoms with Gasteiger partial charge in [-0.05, 0) is 38.6 Å². The first kappa shape index (κ1) is 14.8. The van der Waals surface area contributed by atoms with E-state index in [-0.39, 0.29) is 11.9 Å². The lowest BCUT2D eigenvalue weighted by Gasteiger charge is -2.23. The Morgan fingerprint density at radius 1 is 1.11 bits per heavy atom. The molecule has 2 rings (SSSR count). The molecule has 110 valence electrons. The van der Waals surface area contributed by atoms with Gasteiger partial charge in [-0.15, -0.1) is 0 Å². The van der Waals surface area contributed by atoms with Crippen molar-refractivity contribution in [2.24, 2.45) is 0 Å². The Balaban J connectivity index is 1.47. The van der Waals surface area contributed by atoms with Crippen LogP contribution in [0, 0.1) is 0 Å². The normalized spacial score (nSPS) is 25.2. The molecule has 0 unspecified atom stereocenters. The summed E-state index contributed by atoms with van der Waals surface area (Å²) in [7, 11) is 0. The molecule has 0 spiro atoms. The number of carbonyl (C=O) groups excluding carboxylic acids is 1. The molecule has 0 bridgehead atoms. The average Bonchev–Trinajstić information content (AvgIpc) is 2.49. The van der Waals surface area contributed by atoms with Crippen LogP contribution in [0.4, 0.5) is 0 Å². The zero-order valence-electron chi connectivity index (χ0n) is 12.0. The molecule has 2 fully saturated rings. The summed E-state index contributed by atoms with van der Waals surface area (Å²) < 4.78 is 5.84. The maximum absolute atomic E-state index is 11.8. The lowest BCUT2D eigenvalue weighted by molar-refractivity contribution is -0.123. The summed E-state index contributed by atoms with van der Waals surface area (Å²) in [5, 5.41) is 6.28. The van der Waals surface area contributed by atoms with E-state index < -0.39 is 0 Å². The number of rotatable bonds is 6. The Kier molecular flexibility index (Phi) is 6.65. The van der Waals surface area contributed by atoms with Crippen LogP contribution in [0.3, 0.4) is 0 Å². The van der Waals surface area contributed by atoms with Crippen LogP contribution >= 0.6 is 0 Å². The highest BCUT2D eigenvalue weighted by Gasteiger charge is 2.19. The predicted octanol–water partition coefficient (Wildman–Crippen LogP) is 1.98. The zero-order chi connectivity index (χ0) is 13.3. The minimum absolute atomic E-state index is 0.0352. The quantitative estimate of drug-likeness (QED) is 0.724. The van der Waals surface area contributed by atoms with E-state index in [0.717, 1.165) is 39.0 Å². The van der Waals surface area contributed by atoms with E-state index in [2.05, 4.69) is 10.6 Å². The van der Waals surface area contributed by atoms with Gasteiger partial charge >= 0.3 is 0 Å². The minimum Gasteiger partial charge on any atom is -0.378 e. The number of hydrogen-bond acceptors (Lipinski definition) is 3.